The van der Waals surface area contributed by atoms with Crippen molar-refractivity contribution in [2.24, 2.45) is 5.10 Å². The Morgan fingerprint density at radius 2 is 1.55 bits per heavy atom. The molecule has 0 heterocycles. The molecule has 7 nitrogen and oxygen atoms in total. The molecule has 0 aromatic heterocycles. The number of esters is 1. The van der Waals surface area contributed by atoms with Gasteiger partial charge in [-0.25, -0.2) is 10.2 Å². The number of hydrogen-bond donors (Lipinski definition) is 2. The second-order valence-electron chi connectivity index (χ2n) is 8.18. The number of rotatable bonds is 7. The molecule has 0 saturated carbocycles. The first-order chi connectivity index (χ1) is 18.3. The van der Waals surface area contributed by atoms with E-state index in [4.69, 9.17) is 16.3 Å². The van der Waals surface area contributed by atoms with Crippen LogP contribution in [0.25, 0.3) is 0 Å². The molecule has 0 saturated heterocycles. The van der Waals surface area contributed by atoms with E-state index in [-0.39, 0.29) is 11.7 Å². The number of hydrazone groups is 1. The minimum Gasteiger partial charge on any atom is -0.422 e. The lowest BCUT2D eigenvalue weighted by molar-refractivity contribution is 0.0734. The summed E-state index contributed by atoms with van der Waals surface area (Å²) in [6.07, 6.45) is 1.38. The first kappa shape index (κ1) is 26.8. The maximum atomic E-state index is 12.6. The highest BCUT2D eigenvalue weighted by atomic mass is 79.9. The molecule has 0 unspecified atom stereocenters. The summed E-state index contributed by atoms with van der Waals surface area (Å²) in [5.41, 5.74) is 5.69. The Bertz CT molecular complexity index is 1520. The van der Waals surface area contributed by atoms with Gasteiger partial charge >= 0.3 is 5.97 Å². The van der Waals surface area contributed by atoms with E-state index < -0.39 is 11.9 Å². The average Bonchev–Trinajstić information content (AvgIpc) is 2.91. The fourth-order valence-corrected chi connectivity index (χ4v) is 3.88. The molecule has 9 heteroatoms. The molecular weight excluding hydrogens is 570 g/mol. The van der Waals surface area contributed by atoms with Crippen molar-refractivity contribution in [1.82, 2.24) is 5.43 Å². The van der Waals surface area contributed by atoms with E-state index in [0.717, 1.165) is 10.0 Å². The second kappa shape index (κ2) is 12.3. The first-order valence-electron chi connectivity index (χ1n) is 11.4. The largest absolute Gasteiger partial charge is 0.422 e. The number of aryl methyl sites for hydroxylation is 1. The summed E-state index contributed by atoms with van der Waals surface area (Å²) in [7, 11) is 0. The topological polar surface area (TPSA) is 96.9 Å². The van der Waals surface area contributed by atoms with Crippen molar-refractivity contribution in [1.29, 1.82) is 0 Å². The van der Waals surface area contributed by atoms with Gasteiger partial charge in [-0.15, -0.1) is 0 Å². The molecule has 2 N–H and O–H groups in total. The molecule has 4 aromatic rings. The number of nitrogens with one attached hydrogen (secondary N) is 2. The van der Waals surface area contributed by atoms with Gasteiger partial charge in [0.25, 0.3) is 11.8 Å². The van der Waals surface area contributed by atoms with Crippen LogP contribution in [0.3, 0.4) is 0 Å². The van der Waals surface area contributed by atoms with Crippen molar-refractivity contribution >= 4 is 57.2 Å². The summed E-state index contributed by atoms with van der Waals surface area (Å²) in [6, 6.07) is 25.1. The molecule has 0 atom stereocenters. The average molecular weight is 591 g/mol. The summed E-state index contributed by atoms with van der Waals surface area (Å²) in [5, 5.41) is 7.32. The number of benzene rings is 4. The molecular formula is C29H21BrClN3O4. The van der Waals surface area contributed by atoms with Crippen LogP contribution in [0, 0.1) is 6.92 Å². The molecule has 0 fully saturated rings. The molecule has 4 aromatic carbocycles. The first-order valence-corrected chi connectivity index (χ1v) is 12.5. The normalized spacial score (nSPS) is 10.7. The molecule has 38 heavy (non-hydrogen) atoms. The van der Waals surface area contributed by atoms with Gasteiger partial charge in [0.2, 0.25) is 0 Å². The second-order valence-corrected chi connectivity index (χ2v) is 9.53. The minimum atomic E-state index is -0.558. The van der Waals surface area contributed by atoms with Gasteiger partial charge in [0.15, 0.2) is 0 Å². The summed E-state index contributed by atoms with van der Waals surface area (Å²) in [6.45, 7) is 1.91. The summed E-state index contributed by atoms with van der Waals surface area (Å²) < 4.78 is 6.25. The highest BCUT2D eigenvalue weighted by Gasteiger charge is 2.12. The van der Waals surface area contributed by atoms with Crippen molar-refractivity contribution in [3.05, 3.63) is 128 Å². The zero-order chi connectivity index (χ0) is 27.1. The zero-order valence-corrected chi connectivity index (χ0v) is 22.4. The highest BCUT2D eigenvalue weighted by Crippen LogP contribution is 2.23. The van der Waals surface area contributed by atoms with E-state index in [2.05, 4.69) is 31.8 Å². The molecule has 0 radical (unpaired) electrons. The molecule has 0 aliphatic carbocycles. The van der Waals surface area contributed by atoms with Crippen LogP contribution in [0.15, 0.2) is 101 Å². The third kappa shape index (κ3) is 7.15. The van der Waals surface area contributed by atoms with Crippen molar-refractivity contribution in [2.45, 2.75) is 6.92 Å². The Morgan fingerprint density at radius 1 is 0.842 bits per heavy atom. The van der Waals surface area contributed by atoms with E-state index >= 15 is 0 Å². The molecule has 0 bridgehead atoms. The van der Waals surface area contributed by atoms with E-state index in [9.17, 15) is 14.4 Å². The Morgan fingerprint density at radius 3 is 2.26 bits per heavy atom. The lowest BCUT2D eigenvalue weighted by atomic mass is 10.1. The fourth-order valence-electron chi connectivity index (χ4n) is 3.38. The van der Waals surface area contributed by atoms with E-state index in [0.29, 0.717) is 33.0 Å². The highest BCUT2D eigenvalue weighted by molar-refractivity contribution is 9.10. The van der Waals surface area contributed by atoms with Crippen LogP contribution in [-0.4, -0.2) is 24.0 Å². The third-order valence-electron chi connectivity index (χ3n) is 5.31. The number of amides is 2. The van der Waals surface area contributed by atoms with Gasteiger partial charge in [-0.3, -0.25) is 9.59 Å². The molecule has 4 rings (SSSR count). The lowest BCUT2D eigenvalue weighted by Gasteiger charge is -2.08. The van der Waals surface area contributed by atoms with Gasteiger partial charge in [-0.05, 0) is 85.8 Å². The van der Waals surface area contributed by atoms with Crippen LogP contribution in [0.1, 0.15) is 42.2 Å². The fraction of sp³-hybridized carbons (Fsp3) is 0.0345. The van der Waals surface area contributed by atoms with E-state index in [1.54, 1.807) is 78.9 Å². The number of ether oxygens (including phenoxy) is 1. The van der Waals surface area contributed by atoms with E-state index in [1.807, 2.05) is 19.1 Å². The van der Waals surface area contributed by atoms with Crippen LogP contribution < -0.4 is 15.5 Å². The van der Waals surface area contributed by atoms with Gasteiger partial charge in [0.1, 0.15) is 5.75 Å². The predicted molar refractivity (Wildman–Crippen MR) is 151 cm³/mol. The number of hydrogen-bond acceptors (Lipinski definition) is 5. The maximum absolute atomic E-state index is 12.6. The van der Waals surface area contributed by atoms with Crippen molar-refractivity contribution < 1.29 is 19.1 Å². The van der Waals surface area contributed by atoms with Gasteiger partial charge in [-0.2, -0.15) is 5.10 Å². The molecule has 0 spiro atoms. The lowest BCUT2D eigenvalue weighted by Crippen LogP contribution is -2.18. The van der Waals surface area contributed by atoms with Gasteiger partial charge in [0.05, 0.1) is 11.8 Å². The van der Waals surface area contributed by atoms with Crippen molar-refractivity contribution in [3.8, 4) is 5.75 Å². The summed E-state index contributed by atoms with van der Waals surface area (Å²) in [5.74, 6) is -0.985. The van der Waals surface area contributed by atoms with Crippen LogP contribution >= 0.6 is 27.5 Å². The van der Waals surface area contributed by atoms with Crippen molar-refractivity contribution in [3.63, 3.8) is 0 Å². The van der Waals surface area contributed by atoms with Crippen LogP contribution in [0.2, 0.25) is 5.02 Å². The minimum absolute atomic E-state index is 0.239. The van der Waals surface area contributed by atoms with Gasteiger partial charge in [0, 0.05) is 31.9 Å². The summed E-state index contributed by atoms with van der Waals surface area (Å²) in [4.78, 5) is 37.5. The SMILES string of the molecule is Cc1cccc(C(=O)Nc2ccc(C(=O)N/N=C\c3cc(Br)ccc3OC(=O)c3ccc(Cl)cc3)cc2)c1. The maximum Gasteiger partial charge on any atom is 0.343 e. The third-order valence-corrected chi connectivity index (χ3v) is 6.05. The number of halogens is 2. The van der Waals surface area contributed by atoms with E-state index in [1.165, 1.54) is 6.21 Å². The number of anilines is 1. The number of carbonyl (C=O) groups excluding carboxylic acids is 3. The molecule has 0 aliphatic heterocycles. The zero-order valence-electron chi connectivity index (χ0n) is 20.1. The predicted octanol–water partition coefficient (Wildman–Crippen LogP) is 6.65. The number of carbonyl (C=O) groups is 3. The number of nitrogens with zero attached hydrogens (tertiary/aromatic N) is 1. The quantitative estimate of drug-likeness (QED) is 0.109. The van der Waals surface area contributed by atoms with Crippen LogP contribution in [0.5, 0.6) is 5.75 Å². The Labute approximate surface area is 232 Å². The molecule has 0 aliphatic rings. The van der Waals surface area contributed by atoms with Crippen LogP contribution in [0.4, 0.5) is 5.69 Å². The Balaban J connectivity index is 1.38. The molecule has 2 amide bonds. The Kier molecular flexibility index (Phi) is 8.68. The Hall–Kier alpha value is -4.27. The summed E-state index contributed by atoms with van der Waals surface area (Å²) >= 11 is 9.26. The van der Waals surface area contributed by atoms with Crippen LogP contribution in [-0.2, 0) is 0 Å². The monoisotopic (exact) mass is 589 g/mol. The van der Waals surface area contributed by atoms with Gasteiger partial charge < -0.3 is 10.1 Å². The standard InChI is InChI=1S/C29H21BrClN3O4/c1-18-3-2-4-21(15-18)27(35)33-25-12-7-19(8-13-25)28(36)34-32-17-22-16-23(30)9-14-26(22)38-29(37)20-5-10-24(31)11-6-20/h2-17H,1H3,(H,33,35)(H,34,36)/b32-17-. The van der Waals surface area contributed by atoms with Gasteiger partial charge in [-0.1, -0.05) is 45.2 Å². The smallest absolute Gasteiger partial charge is 0.343 e. The van der Waals surface area contributed by atoms with Crippen molar-refractivity contribution in [2.75, 3.05) is 5.32 Å². The molecule has 190 valence electrons.